The predicted octanol–water partition coefficient (Wildman–Crippen LogP) is 3.01. The molecule has 1 aromatic carbocycles. The van der Waals surface area contributed by atoms with E-state index >= 15 is 0 Å². The molecule has 1 N–H and O–H groups in total. The first-order chi connectivity index (χ1) is 7.85. The van der Waals surface area contributed by atoms with Crippen molar-refractivity contribution in [3.05, 3.63) is 29.6 Å². The lowest BCUT2D eigenvalue weighted by molar-refractivity contribution is -0.117. The number of rotatable bonds is 4. The van der Waals surface area contributed by atoms with Gasteiger partial charge in [-0.25, -0.2) is 13.2 Å². The Bertz CT molecular complexity index is 439. The van der Waals surface area contributed by atoms with Gasteiger partial charge in [-0.2, -0.15) is 14.0 Å². The third kappa shape index (κ3) is 3.59. The van der Waals surface area contributed by atoms with Crippen molar-refractivity contribution in [3.63, 3.8) is 0 Å². The van der Waals surface area contributed by atoms with Gasteiger partial charge in [0.25, 0.3) is 0 Å². The van der Waals surface area contributed by atoms with Crippen LogP contribution in [0.2, 0.25) is 0 Å². The fourth-order valence-electron chi connectivity index (χ4n) is 1.05. The van der Waals surface area contributed by atoms with Crippen LogP contribution in [-0.2, 0) is 0 Å². The number of nitrogens with one attached hydrogen (secondary N) is 1. The van der Waals surface area contributed by atoms with Crippen LogP contribution in [0.5, 0.6) is 0 Å². The van der Waals surface area contributed by atoms with Gasteiger partial charge in [0.15, 0.2) is 0 Å². The molecule has 0 aliphatic rings. The van der Waals surface area contributed by atoms with Gasteiger partial charge in [0.05, 0.1) is 18.2 Å². The zero-order valence-electron chi connectivity index (χ0n) is 8.35. The predicted molar refractivity (Wildman–Crippen MR) is 50.6 cm³/mol. The third-order valence-electron chi connectivity index (χ3n) is 1.87. The summed E-state index contributed by atoms with van der Waals surface area (Å²) in [6, 6.07) is 4.44. The van der Waals surface area contributed by atoms with Crippen LogP contribution >= 0.6 is 0 Å². The fraction of sp³-hybridized carbons (Fsp3) is 0.300. The van der Waals surface area contributed by atoms with Crippen LogP contribution in [-0.4, -0.2) is 18.9 Å². The second-order valence-corrected chi connectivity index (χ2v) is 3.26. The summed E-state index contributed by atoms with van der Waals surface area (Å²) in [5.41, 5.74) is -0.241. The molecular formula is C10H7F5N2. The number of nitrogens with zero attached hydrogens (tertiary/aromatic N) is 1. The second-order valence-electron chi connectivity index (χ2n) is 3.26. The number of nitriles is 1. The first-order valence-corrected chi connectivity index (χ1v) is 4.45. The van der Waals surface area contributed by atoms with Gasteiger partial charge >= 0.3 is 12.3 Å². The van der Waals surface area contributed by atoms with Gasteiger partial charge in [-0.05, 0) is 18.2 Å². The Morgan fingerprint density at radius 3 is 2.47 bits per heavy atom. The van der Waals surface area contributed by atoms with E-state index in [1.165, 1.54) is 0 Å². The number of hydrogen-bond donors (Lipinski definition) is 1. The van der Waals surface area contributed by atoms with E-state index in [9.17, 15) is 22.0 Å². The molecule has 1 rings (SSSR count). The number of anilines is 1. The highest BCUT2D eigenvalue weighted by Crippen LogP contribution is 2.23. The molecule has 92 valence electrons. The summed E-state index contributed by atoms with van der Waals surface area (Å²) in [6.45, 7) is -1.33. The zero-order valence-corrected chi connectivity index (χ0v) is 8.35. The summed E-state index contributed by atoms with van der Waals surface area (Å²) >= 11 is 0. The van der Waals surface area contributed by atoms with Gasteiger partial charge in [-0.3, -0.25) is 0 Å². The summed E-state index contributed by atoms with van der Waals surface area (Å²) in [5.74, 6) is -5.02. The van der Waals surface area contributed by atoms with Crippen molar-refractivity contribution in [1.82, 2.24) is 0 Å². The number of alkyl halides is 4. The lowest BCUT2D eigenvalue weighted by Crippen LogP contribution is -2.34. The van der Waals surface area contributed by atoms with Gasteiger partial charge in [0, 0.05) is 5.69 Å². The van der Waals surface area contributed by atoms with E-state index in [-0.39, 0.29) is 11.3 Å². The standard InChI is InChI=1S/C10H7F5N2/c11-7-1-6(4-16)2-8(3-7)17-5-10(14,15)9(12)13/h1-3,9,17H,5H2. The number of hydrogen-bond acceptors (Lipinski definition) is 2. The summed E-state index contributed by atoms with van der Waals surface area (Å²) in [4.78, 5) is 0. The van der Waals surface area contributed by atoms with E-state index in [2.05, 4.69) is 0 Å². The van der Waals surface area contributed by atoms with Crippen molar-refractivity contribution in [2.75, 3.05) is 11.9 Å². The van der Waals surface area contributed by atoms with Crippen LogP contribution in [0.25, 0.3) is 0 Å². The second kappa shape index (κ2) is 4.99. The lowest BCUT2D eigenvalue weighted by atomic mass is 10.2. The molecule has 0 radical (unpaired) electrons. The van der Waals surface area contributed by atoms with Crippen molar-refractivity contribution >= 4 is 5.69 Å². The van der Waals surface area contributed by atoms with E-state index in [0.717, 1.165) is 18.2 Å². The smallest absolute Gasteiger partial charge is 0.324 e. The molecule has 0 unspecified atom stereocenters. The van der Waals surface area contributed by atoms with E-state index in [4.69, 9.17) is 5.26 Å². The van der Waals surface area contributed by atoms with Crippen LogP contribution in [0.1, 0.15) is 5.56 Å². The Labute approximate surface area is 93.7 Å². The van der Waals surface area contributed by atoms with Crippen LogP contribution < -0.4 is 5.32 Å². The molecule has 0 atom stereocenters. The van der Waals surface area contributed by atoms with Gasteiger partial charge in [0.2, 0.25) is 0 Å². The highest BCUT2D eigenvalue weighted by molar-refractivity contribution is 5.49. The minimum atomic E-state index is -4.21. The molecule has 0 heterocycles. The first kappa shape index (κ1) is 13.2. The molecule has 0 saturated carbocycles. The molecule has 0 aliphatic carbocycles. The molecular weight excluding hydrogens is 243 g/mol. The Hall–Kier alpha value is -1.84. The monoisotopic (exact) mass is 250 g/mol. The average molecular weight is 250 g/mol. The third-order valence-corrected chi connectivity index (χ3v) is 1.87. The van der Waals surface area contributed by atoms with E-state index in [1.54, 1.807) is 6.07 Å². The van der Waals surface area contributed by atoms with Gasteiger partial charge in [-0.1, -0.05) is 0 Å². The van der Waals surface area contributed by atoms with Gasteiger partial charge in [0.1, 0.15) is 5.82 Å². The summed E-state index contributed by atoms with van der Waals surface area (Å²) < 4.78 is 61.6. The normalized spacial score (nSPS) is 11.4. The Morgan fingerprint density at radius 2 is 1.94 bits per heavy atom. The maximum atomic E-state index is 12.9. The van der Waals surface area contributed by atoms with Crippen molar-refractivity contribution in [2.24, 2.45) is 0 Å². The maximum absolute atomic E-state index is 12.9. The van der Waals surface area contributed by atoms with Crippen LogP contribution in [0.4, 0.5) is 27.6 Å². The highest BCUT2D eigenvalue weighted by atomic mass is 19.3. The van der Waals surface area contributed by atoms with Crippen LogP contribution in [0.3, 0.4) is 0 Å². The Kier molecular flexibility index (Phi) is 3.89. The quantitative estimate of drug-likeness (QED) is 0.834. The first-order valence-electron chi connectivity index (χ1n) is 4.45. The van der Waals surface area contributed by atoms with Crippen molar-refractivity contribution in [1.29, 1.82) is 5.26 Å². The molecule has 0 saturated heterocycles. The fourth-order valence-corrected chi connectivity index (χ4v) is 1.05. The molecule has 2 nitrogen and oxygen atoms in total. The van der Waals surface area contributed by atoms with Gasteiger partial charge in [-0.15, -0.1) is 0 Å². The number of benzene rings is 1. The van der Waals surface area contributed by atoms with Crippen molar-refractivity contribution < 1.29 is 22.0 Å². The molecule has 1 aromatic rings. The van der Waals surface area contributed by atoms with E-state index in [1.807, 2.05) is 5.32 Å². The highest BCUT2D eigenvalue weighted by Gasteiger charge is 2.40. The van der Waals surface area contributed by atoms with Crippen molar-refractivity contribution in [3.8, 4) is 6.07 Å². The Balaban J connectivity index is 2.77. The minimum Gasteiger partial charge on any atom is -0.379 e. The minimum absolute atomic E-state index is 0.0899. The number of halogens is 5. The molecule has 0 bridgehead atoms. The molecule has 0 amide bonds. The molecule has 17 heavy (non-hydrogen) atoms. The van der Waals surface area contributed by atoms with Crippen molar-refractivity contribution in [2.45, 2.75) is 12.3 Å². The lowest BCUT2D eigenvalue weighted by Gasteiger charge is -2.16. The SMILES string of the molecule is N#Cc1cc(F)cc(NCC(F)(F)C(F)F)c1. The topological polar surface area (TPSA) is 35.8 Å². The zero-order chi connectivity index (χ0) is 13.1. The summed E-state index contributed by atoms with van der Waals surface area (Å²) in [5, 5.41) is 10.5. The van der Waals surface area contributed by atoms with E-state index < -0.39 is 24.7 Å². The van der Waals surface area contributed by atoms with Crippen LogP contribution in [0, 0.1) is 17.1 Å². The average Bonchev–Trinajstić information content (AvgIpc) is 2.25. The van der Waals surface area contributed by atoms with E-state index in [0.29, 0.717) is 0 Å². The van der Waals surface area contributed by atoms with Gasteiger partial charge < -0.3 is 5.32 Å². The maximum Gasteiger partial charge on any atom is 0.324 e. The molecule has 0 aromatic heterocycles. The summed E-state index contributed by atoms with van der Waals surface area (Å²) in [7, 11) is 0. The molecule has 7 heteroatoms. The molecule has 0 fully saturated rings. The molecule has 0 aliphatic heterocycles. The Morgan fingerprint density at radius 1 is 1.29 bits per heavy atom. The largest absolute Gasteiger partial charge is 0.379 e. The molecule has 0 spiro atoms. The van der Waals surface area contributed by atoms with Crippen LogP contribution in [0.15, 0.2) is 18.2 Å². The summed E-state index contributed by atoms with van der Waals surface area (Å²) in [6.07, 6.45) is -3.81.